The highest BCUT2D eigenvalue weighted by atomic mass is 19.1. The largest absolute Gasteiger partial charge is 0.465 e. The molecular weight excluding hydrogens is 345 g/mol. The van der Waals surface area contributed by atoms with E-state index in [9.17, 15) is 14.0 Å². The lowest BCUT2D eigenvalue weighted by Crippen LogP contribution is -2.37. The molecule has 0 aromatic heterocycles. The number of nitrogens with one attached hydrogen (secondary N) is 1. The number of benzene rings is 2. The summed E-state index contributed by atoms with van der Waals surface area (Å²) in [5.41, 5.74) is 3.68. The lowest BCUT2D eigenvalue weighted by molar-refractivity contribution is -0.119. The number of ether oxygens (including phenoxy) is 1. The van der Waals surface area contributed by atoms with Crippen LogP contribution in [0, 0.1) is 11.2 Å². The van der Waals surface area contributed by atoms with E-state index in [0.717, 1.165) is 24.0 Å². The van der Waals surface area contributed by atoms with E-state index in [-0.39, 0.29) is 29.0 Å². The first-order valence-corrected chi connectivity index (χ1v) is 9.23. The predicted molar refractivity (Wildman–Crippen MR) is 99.0 cm³/mol. The minimum Gasteiger partial charge on any atom is -0.465 e. The molecule has 1 N–H and O–H groups in total. The van der Waals surface area contributed by atoms with Crippen molar-refractivity contribution >= 4 is 11.9 Å². The van der Waals surface area contributed by atoms with Crippen molar-refractivity contribution in [2.24, 2.45) is 5.41 Å². The van der Waals surface area contributed by atoms with Crippen LogP contribution in [0.15, 0.2) is 42.5 Å². The normalized spacial score (nSPS) is 23.8. The zero-order valence-corrected chi connectivity index (χ0v) is 15.3. The van der Waals surface area contributed by atoms with Gasteiger partial charge in [0.25, 0.3) is 0 Å². The average molecular weight is 367 g/mol. The molecule has 2 atom stereocenters. The number of halogens is 1. The third-order valence-electron chi connectivity index (χ3n) is 6.08. The monoisotopic (exact) mass is 367 g/mol. The highest BCUT2D eigenvalue weighted by Crippen LogP contribution is 2.51. The lowest BCUT2D eigenvalue weighted by Gasteiger charge is -2.42. The number of hydrogen-bond acceptors (Lipinski definition) is 3. The Labute approximate surface area is 157 Å². The Kier molecular flexibility index (Phi) is 4.46. The van der Waals surface area contributed by atoms with Crippen LogP contribution in [0.5, 0.6) is 0 Å². The molecule has 27 heavy (non-hydrogen) atoms. The van der Waals surface area contributed by atoms with Gasteiger partial charge in [0.05, 0.1) is 12.7 Å². The van der Waals surface area contributed by atoms with E-state index in [0.29, 0.717) is 24.9 Å². The Morgan fingerprint density at radius 2 is 2.04 bits per heavy atom. The molecule has 1 aliphatic heterocycles. The Balaban J connectivity index is 1.78. The molecule has 5 heteroatoms. The van der Waals surface area contributed by atoms with Gasteiger partial charge < -0.3 is 10.1 Å². The summed E-state index contributed by atoms with van der Waals surface area (Å²) < 4.78 is 18.2. The van der Waals surface area contributed by atoms with Crippen molar-refractivity contribution in [1.29, 1.82) is 0 Å². The molecule has 2 aromatic carbocycles. The van der Waals surface area contributed by atoms with Gasteiger partial charge in [-0.1, -0.05) is 18.2 Å². The molecule has 0 radical (unpaired) electrons. The van der Waals surface area contributed by atoms with Gasteiger partial charge in [-0.2, -0.15) is 0 Å². The maximum absolute atomic E-state index is 13.3. The summed E-state index contributed by atoms with van der Waals surface area (Å²) in [4.78, 5) is 24.1. The van der Waals surface area contributed by atoms with Crippen molar-refractivity contribution in [2.75, 3.05) is 13.7 Å². The number of esters is 1. The predicted octanol–water partition coefficient (Wildman–Crippen LogP) is 3.39. The first-order valence-electron chi connectivity index (χ1n) is 9.23. The molecule has 1 unspecified atom stereocenters. The maximum atomic E-state index is 13.3. The van der Waals surface area contributed by atoms with Crippen LogP contribution in [-0.2, 0) is 22.4 Å². The first-order chi connectivity index (χ1) is 13.0. The van der Waals surface area contributed by atoms with Gasteiger partial charge in [0.15, 0.2) is 0 Å². The number of fused-ring (bicyclic) bond motifs is 1. The highest BCUT2D eigenvalue weighted by Gasteiger charge is 2.48. The van der Waals surface area contributed by atoms with Gasteiger partial charge >= 0.3 is 5.97 Å². The van der Waals surface area contributed by atoms with E-state index in [1.165, 1.54) is 24.8 Å². The van der Waals surface area contributed by atoms with Crippen LogP contribution >= 0.6 is 0 Å². The lowest BCUT2D eigenvalue weighted by atomic mass is 9.61. The summed E-state index contributed by atoms with van der Waals surface area (Å²) in [6, 6.07) is 12.2. The number of aryl methyl sites for hydroxylation is 1. The zero-order chi connectivity index (χ0) is 19.0. The second-order valence-corrected chi connectivity index (χ2v) is 7.60. The SMILES string of the molecule is COC(=O)c1ccc2c(c1)C(Cc1ccc(F)cc1)[C@]1(CC2)CNC(=O)C1. The fourth-order valence-electron chi connectivity index (χ4n) is 4.60. The molecule has 2 aromatic rings. The van der Waals surface area contributed by atoms with Crippen LogP contribution in [0.25, 0.3) is 0 Å². The fourth-order valence-corrected chi connectivity index (χ4v) is 4.60. The van der Waals surface area contributed by atoms with Crippen molar-refractivity contribution < 1.29 is 18.7 Å². The van der Waals surface area contributed by atoms with Crippen LogP contribution in [0.1, 0.15) is 45.8 Å². The van der Waals surface area contributed by atoms with E-state index in [4.69, 9.17) is 4.74 Å². The summed E-state index contributed by atoms with van der Waals surface area (Å²) >= 11 is 0. The standard InChI is InChI=1S/C22H22FNO3/c1-27-21(26)16-5-4-15-8-9-22(12-20(25)24-13-22)19(18(15)11-16)10-14-2-6-17(23)7-3-14/h2-7,11,19H,8-10,12-13H2,1H3,(H,24,25)/t19?,22-/m0/s1. The Bertz CT molecular complexity index is 893. The van der Waals surface area contributed by atoms with Crippen molar-refractivity contribution in [2.45, 2.75) is 31.6 Å². The van der Waals surface area contributed by atoms with Crippen molar-refractivity contribution in [3.63, 3.8) is 0 Å². The number of rotatable bonds is 3. The molecule has 2 aliphatic rings. The van der Waals surface area contributed by atoms with E-state index in [2.05, 4.69) is 5.32 Å². The highest BCUT2D eigenvalue weighted by molar-refractivity contribution is 5.89. The van der Waals surface area contributed by atoms with Crippen LogP contribution in [0.3, 0.4) is 0 Å². The van der Waals surface area contributed by atoms with Gasteiger partial charge in [0.1, 0.15) is 5.82 Å². The summed E-state index contributed by atoms with van der Waals surface area (Å²) in [7, 11) is 1.37. The molecule has 0 saturated carbocycles. The molecule has 4 nitrogen and oxygen atoms in total. The van der Waals surface area contributed by atoms with Gasteiger partial charge in [-0.05, 0) is 66.1 Å². The Morgan fingerprint density at radius 1 is 1.26 bits per heavy atom. The van der Waals surface area contributed by atoms with Crippen molar-refractivity contribution in [1.82, 2.24) is 5.32 Å². The molecule has 1 spiro atoms. The summed E-state index contributed by atoms with van der Waals surface area (Å²) in [6.07, 6.45) is 2.99. The van der Waals surface area contributed by atoms with E-state index in [1.54, 1.807) is 18.2 Å². The van der Waals surface area contributed by atoms with E-state index in [1.807, 2.05) is 12.1 Å². The van der Waals surface area contributed by atoms with Gasteiger partial charge in [0.2, 0.25) is 5.91 Å². The van der Waals surface area contributed by atoms with Crippen LogP contribution in [-0.4, -0.2) is 25.5 Å². The molecule has 1 heterocycles. The average Bonchev–Trinajstić information content (AvgIpc) is 3.06. The second-order valence-electron chi connectivity index (χ2n) is 7.60. The Morgan fingerprint density at radius 3 is 2.70 bits per heavy atom. The molecule has 1 amide bonds. The molecule has 140 valence electrons. The van der Waals surface area contributed by atoms with Crippen LogP contribution in [0.4, 0.5) is 4.39 Å². The maximum Gasteiger partial charge on any atom is 0.337 e. The van der Waals surface area contributed by atoms with Gasteiger partial charge in [0, 0.05) is 18.4 Å². The topological polar surface area (TPSA) is 55.4 Å². The van der Waals surface area contributed by atoms with Crippen molar-refractivity contribution in [3.8, 4) is 0 Å². The van der Waals surface area contributed by atoms with E-state index < -0.39 is 0 Å². The number of methoxy groups -OCH3 is 1. The van der Waals surface area contributed by atoms with E-state index >= 15 is 0 Å². The number of carbonyl (C=O) groups is 2. The number of hydrogen-bond donors (Lipinski definition) is 1. The third kappa shape index (κ3) is 3.22. The minimum atomic E-state index is -0.362. The van der Waals surface area contributed by atoms with Gasteiger partial charge in [-0.15, -0.1) is 0 Å². The number of amides is 1. The van der Waals surface area contributed by atoms with Crippen molar-refractivity contribution in [3.05, 3.63) is 70.5 Å². The molecule has 4 rings (SSSR count). The second kappa shape index (κ2) is 6.80. The number of carbonyl (C=O) groups excluding carboxylic acids is 2. The third-order valence-corrected chi connectivity index (χ3v) is 6.08. The first kappa shape index (κ1) is 17.7. The summed E-state index contributed by atoms with van der Waals surface area (Å²) in [6.45, 7) is 0.638. The molecular formula is C22H22FNO3. The zero-order valence-electron chi connectivity index (χ0n) is 15.3. The van der Waals surface area contributed by atoms with Gasteiger partial charge in [-0.25, -0.2) is 9.18 Å². The molecule has 1 aliphatic carbocycles. The van der Waals surface area contributed by atoms with Crippen LogP contribution in [0.2, 0.25) is 0 Å². The van der Waals surface area contributed by atoms with Gasteiger partial charge in [-0.3, -0.25) is 4.79 Å². The molecule has 1 saturated heterocycles. The quantitative estimate of drug-likeness (QED) is 0.846. The Hall–Kier alpha value is -2.69. The summed E-state index contributed by atoms with van der Waals surface area (Å²) in [5.74, 6) is -0.469. The molecule has 0 bridgehead atoms. The fraction of sp³-hybridized carbons (Fsp3) is 0.364. The minimum absolute atomic E-state index is 0.0756. The smallest absolute Gasteiger partial charge is 0.337 e. The van der Waals surface area contributed by atoms with Crippen LogP contribution < -0.4 is 5.32 Å². The molecule has 1 fully saturated rings. The summed E-state index contributed by atoms with van der Waals surface area (Å²) in [5, 5.41) is 2.99.